The van der Waals surface area contributed by atoms with Gasteiger partial charge in [-0.05, 0) is 26.8 Å². The van der Waals surface area contributed by atoms with Gasteiger partial charge in [0.1, 0.15) is 0 Å². The predicted octanol–water partition coefficient (Wildman–Crippen LogP) is -0.856. The molecule has 76 valence electrons. The predicted molar refractivity (Wildman–Crippen MR) is 46.2 cm³/mol. The Bertz CT molecular complexity index is 142. The topological polar surface area (TPSA) is 130 Å². The number of hydrogen-bond acceptors (Lipinski definition) is 3. The molecule has 0 heterocycles. The summed E-state index contributed by atoms with van der Waals surface area (Å²) in [5.74, 6) is 0. The summed E-state index contributed by atoms with van der Waals surface area (Å²) in [6.07, 6.45) is 0.896. The minimum absolute atomic E-state index is 0.0747. The van der Waals surface area contributed by atoms with Gasteiger partial charge < -0.3 is 26.1 Å². The maximum atomic E-state index is 8.88. The molecule has 0 aliphatic heterocycles. The second-order valence-electron chi connectivity index (χ2n) is 3.04. The van der Waals surface area contributed by atoms with E-state index in [0.29, 0.717) is 6.54 Å². The van der Waals surface area contributed by atoms with Gasteiger partial charge in [0.2, 0.25) is 0 Å². The molecular weight excluding hydrogens is 183 g/mol. The Morgan fingerprint density at radius 3 is 1.58 bits per heavy atom. The highest BCUT2D eigenvalue weighted by Gasteiger charge is 2.06. The summed E-state index contributed by atoms with van der Waals surface area (Å²) >= 11 is 0. The second-order valence-corrected chi connectivity index (χ2v) is 4.07. The second kappa shape index (κ2) is 5.64. The van der Waals surface area contributed by atoms with Gasteiger partial charge in [-0.1, -0.05) is 0 Å². The monoisotopic (exact) mass is 200 g/mol. The molecule has 0 radical (unpaired) electrons. The van der Waals surface area contributed by atoms with Crippen LogP contribution in [0.3, 0.4) is 0 Å². The lowest BCUT2D eigenvalue weighted by Gasteiger charge is -2.15. The van der Waals surface area contributed by atoms with Crippen LogP contribution in [0, 0.1) is 0 Å². The number of nitrogens with two attached hydrogens (primary N) is 2. The minimum Gasteiger partial charge on any atom is -0.330 e. The van der Waals surface area contributed by atoms with E-state index < -0.39 is 7.82 Å². The smallest absolute Gasteiger partial charge is 0.330 e. The van der Waals surface area contributed by atoms with Crippen LogP contribution < -0.4 is 11.5 Å². The van der Waals surface area contributed by atoms with E-state index in [9.17, 15) is 0 Å². The molecule has 0 aromatic carbocycles. The van der Waals surface area contributed by atoms with E-state index in [0.717, 1.165) is 6.42 Å². The van der Waals surface area contributed by atoms with Gasteiger partial charge >= 0.3 is 7.82 Å². The molecule has 7 heteroatoms. The van der Waals surface area contributed by atoms with Gasteiger partial charge in [0.05, 0.1) is 0 Å². The van der Waals surface area contributed by atoms with Crippen LogP contribution in [0.15, 0.2) is 0 Å². The SMILES string of the molecule is CC(C)(N)CCN.O=P(O)(O)O. The number of phosphoric acid groups is 1. The molecule has 0 fully saturated rings. The fourth-order valence-corrected chi connectivity index (χ4v) is 0.372. The molecule has 0 rings (SSSR count). The van der Waals surface area contributed by atoms with Crippen LogP contribution in [0.1, 0.15) is 20.3 Å². The molecule has 0 unspecified atom stereocenters. The Morgan fingerprint density at radius 1 is 1.33 bits per heavy atom. The third-order valence-corrected chi connectivity index (χ3v) is 0.789. The molecule has 0 atom stereocenters. The fourth-order valence-electron chi connectivity index (χ4n) is 0.372. The highest BCUT2D eigenvalue weighted by Crippen LogP contribution is 2.25. The van der Waals surface area contributed by atoms with Gasteiger partial charge in [0.25, 0.3) is 0 Å². The molecule has 0 saturated carbocycles. The quantitative estimate of drug-likeness (QED) is 0.369. The Morgan fingerprint density at radius 2 is 1.58 bits per heavy atom. The standard InChI is InChI=1S/C5H14N2.H3O4P/c1-5(2,7)3-4-6;1-5(2,3)4/h3-4,6-7H2,1-2H3;(H3,1,2,3,4). The molecular formula is C5H17N2O4P. The third-order valence-electron chi connectivity index (χ3n) is 0.789. The van der Waals surface area contributed by atoms with Crippen molar-refractivity contribution in [2.24, 2.45) is 11.5 Å². The highest BCUT2D eigenvalue weighted by molar-refractivity contribution is 7.45. The molecule has 0 aromatic heterocycles. The molecule has 0 aliphatic rings. The van der Waals surface area contributed by atoms with Gasteiger partial charge in [-0.25, -0.2) is 4.57 Å². The summed E-state index contributed by atoms with van der Waals surface area (Å²) in [5, 5.41) is 0. The van der Waals surface area contributed by atoms with Crippen LogP contribution >= 0.6 is 7.82 Å². The van der Waals surface area contributed by atoms with Crippen molar-refractivity contribution in [1.82, 2.24) is 0 Å². The maximum absolute atomic E-state index is 8.88. The third kappa shape index (κ3) is 50.4. The molecule has 0 amide bonds. The van der Waals surface area contributed by atoms with Gasteiger partial charge in [-0.2, -0.15) is 0 Å². The first-order chi connectivity index (χ1) is 5.06. The molecule has 7 N–H and O–H groups in total. The fraction of sp³-hybridized carbons (Fsp3) is 1.00. The Balaban J connectivity index is 0. The first-order valence-electron chi connectivity index (χ1n) is 3.33. The van der Waals surface area contributed by atoms with E-state index in [1.165, 1.54) is 0 Å². The van der Waals surface area contributed by atoms with Crippen LogP contribution in [0.25, 0.3) is 0 Å². The van der Waals surface area contributed by atoms with Crippen molar-refractivity contribution < 1.29 is 19.2 Å². The van der Waals surface area contributed by atoms with E-state index in [-0.39, 0.29) is 5.54 Å². The first-order valence-corrected chi connectivity index (χ1v) is 4.90. The van der Waals surface area contributed by atoms with Crippen molar-refractivity contribution in [3.05, 3.63) is 0 Å². The molecule has 0 aliphatic carbocycles. The lowest BCUT2D eigenvalue weighted by atomic mass is 10.0. The van der Waals surface area contributed by atoms with Crippen molar-refractivity contribution in [2.75, 3.05) is 6.54 Å². The summed E-state index contributed by atoms with van der Waals surface area (Å²) < 4.78 is 8.88. The van der Waals surface area contributed by atoms with Crippen LogP contribution in [0.5, 0.6) is 0 Å². The van der Waals surface area contributed by atoms with E-state index in [2.05, 4.69) is 0 Å². The van der Waals surface area contributed by atoms with Gasteiger partial charge in [0.15, 0.2) is 0 Å². The summed E-state index contributed by atoms with van der Waals surface area (Å²) in [5.41, 5.74) is 10.7. The summed E-state index contributed by atoms with van der Waals surface area (Å²) in [6.45, 7) is 4.63. The zero-order valence-electron chi connectivity index (χ0n) is 7.27. The van der Waals surface area contributed by atoms with E-state index in [4.69, 9.17) is 30.7 Å². The number of rotatable bonds is 2. The number of hydrogen-bond donors (Lipinski definition) is 5. The molecule has 0 aromatic rings. The van der Waals surface area contributed by atoms with Crippen molar-refractivity contribution in [1.29, 1.82) is 0 Å². The molecule has 0 bridgehead atoms. The van der Waals surface area contributed by atoms with Crippen molar-refractivity contribution >= 4 is 7.82 Å². The van der Waals surface area contributed by atoms with Crippen molar-refractivity contribution in [3.63, 3.8) is 0 Å². The Labute approximate surface area is 71.8 Å². The average Bonchev–Trinajstić information content (AvgIpc) is 1.54. The van der Waals surface area contributed by atoms with Crippen LogP contribution in [-0.4, -0.2) is 26.8 Å². The van der Waals surface area contributed by atoms with Crippen molar-refractivity contribution in [2.45, 2.75) is 25.8 Å². The normalized spacial score (nSPS) is 11.9. The van der Waals surface area contributed by atoms with Crippen molar-refractivity contribution in [3.8, 4) is 0 Å². The lowest BCUT2D eigenvalue weighted by Crippen LogP contribution is -2.34. The lowest BCUT2D eigenvalue weighted by molar-refractivity contribution is 0.275. The Hall–Kier alpha value is 0.0300. The van der Waals surface area contributed by atoms with Gasteiger partial charge in [-0.15, -0.1) is 0 Å². The molecule has 0 spiro atoms. The average molecular weight is 200 g/mol. The van der Waals surface area contributed by atoms with Gasteiger partial charge in [-0.3, -0.25) is 0 Å². The van der Waals surface area contributed by atoms with E-state index in [1.807, 2.05) is 13.8 Å². The highest BCUT2D eigenvalue weighted by atomic mass is 31.2. The zero-order chi connectivity index (χ0) is 10.4. The summed E-state index contributed by atoms with van der Waals surface area (Å²) in [4.78, 5) is 21.6. The molecule has 12 heavy (non-hydrogen) atoms. The van der Waals surface area contributed by atoms with E-state index in [1.54, 1.807) is 0 Å². The van der Waals surface area contributed by atoms with Crippen LogP contribution in [0.4, 0.5) is 0 Å². The zero-order valence-corrected chi connectivity index (χ0v) is 8.16. The first kappa shape index (κ1) is 14.5. The molecule has 0 saturated heterocycles. The Kier molecular flexibility index (Phi) is 6.83. The van der Waals surface area contributed by atoms with Gasteiger partial charge in [0, 0.05) is 5.54 Å². The minimum atomic E-state index is -4.64. The molecule has 6 nitrogen and oxygen atoms in total. The summed E-state index contributed by atoms with van der Waals surface area (Å²) in [7, 11) is -4.64. The largest absolute Gasteiger partial charge is 0.466 e. The summed E-state index contributed by atoms with van der Waals surface area (Å²) in [6, 6.07) is 0. The van der Waals surface area contributed by atoms with Crippen LogP contribution in [0.2, 0.25) is 0 Å². The van der Waals surface area contributed by atoms with E-state index >= 15 is 0 Å². The van der Waals surface area contributed by atoms with Crippen LogP contribution in [-0.2, 0) is 4.57 Å². The maximum Gasteiger partial charge on any atom is 0.466 e.